The summed E-state index contributed by atoms with van der Waals surface area (Å²) in [6.07, 6.45) is 3.05. The number of aromatic nitrogens is 3. The molecule has 0 unspecified atom stereocenters. The Kier molecular flexibility index (Phi) is 5.60. The molecule has 32 heavy (non-hydrogen) atoms. The Morgan fingerprint density at radius 2 is 2.03 bits per heavy atom. The predicted molar refractivity (Wildman–Crippen MR) is 119 cm³/mol. The number of nitrogens with zero attached hydrogens (tertiary/aromatic N) is 4. The molecule has 0 saturated heterocycles. The lowest BCUT2D eigenvalue weighted by Gasteiger charge is -2.27. The fourth-order valence-electron chi connectivity index (χ4n) is 3.36. The molecule has 2 amide bonds. The first-order valence-electron chi connectivity index (χ1n) is 10.3. The van der Waals surface area contributed by atoms with Crippen molar-refractivity contribution in [2.75, 3.05) is 31.6 Å². The van der Waals surface area contributed by atoms with Crippen molar-refractivity contribution >= 4 is 23.5 Å². The smallest absolute Gasteiger partial charge is 0.410 e. The van der Waals surface area contributed by atoms with Gasteiger partial charge in [0.25, 0.3) is 0 Å². The van der Waals surface area contributed by atoms with Gasteiger partial charge in [0.1, 0.15) is 23.8 Å². The second kappa shape index (κ2) is 8.37. The van der Waals surface area contributed by atoms with Gasteiger partial charge < -0.3 is 25.4 Å². The number of hydrogen-bond donors (Lipinski definition) is 2. The zero-order chi connectivity index (χ0) is 22.9. The molecule has 0 fully saturated rings. The van der Waals surface area contributed by atoms with Crippen molar-refractivity contribution in [1.29, 1.82) is 0 Å². The van der Waals surface area contributed by atoms with E-state index in [-0.39, 0.29) is 6.61 Å². The fourth-order valence-corrected chi connectivity index (χ4v) is 3.36. The number of fused-ring (bicyclic) bond motifs is 4. The molecule has 1 aliphatic rings. The number of carbonyl (C=O) groups is 2. The van der Waals surface area contributed by atoms with Gasteiger partial charge in [-0.25, -0.2) is 14.3 Å². The fraction of sp³-hybridized carbons (Fsp3) is 0.364. The summed E-state index contributed by atoms with van der Waals surface area (Å²) in [5, 5.41) is 7.59. The summed E-state index contributed by atoms with van der Waals surface area (Å²) < 4.78 is 13.1. The lowest BCUT2D eigenvalue weighted by molar-refractivity contribution is 0.0234. The molecule has 10 heteroatoms. The summed E-state index contributed by atoms with van der Waals surface area (Å²) in [6.45, 7) is 6.85. The number of nitrogens with one attached hydrogen (secondary N) is 1. The van der Waals surface area contributed by atoms with Crippen molar-refractivity contribution in [2.24, 2.45) is 5.73 Å². The second-order valence-electron chi connectivity index (χ2n) is 8.49. The highest BCUT2D eigenvalue weighted by Gasteiger charge is 2.22. The van der Waals surface area contributed by atoms with E-state index in [0.717, 1.165) is 5.56 Å². The molecule has 1 aromatic carbocycles. The van der Waals surface area contributed by atoms with Crippen LogP contribution in [0.2, 0.25) is 0 Å². The van der Waals surface area contributed by atoms with Crippen LogP contribution in [0.3, 0.4) is 0 Å². The zero-order valence-electron chi connectivity index (χ0n) is 18.3. The lowest BCUT2D eigenvalue weighted by Crippen LogP contribution is -2.41. The standard InChI is InChI=1S/C22H26N6O4/c1-22(2,3)32-21(30)27-7-5-24-18-4-6-28-20(26-18)17(13-25-28)14-10-15(19(23)29)12-16(11-14)31-9-8-27/h4,6,10-13H,5,7-9H2,1-3H3,(H2,23,29)(H,24,26). The topological polar surface area (TPSA) is 124 Å². The Morgan fingerprint density at radius 1 is 1.22 bits per heavy atom. The highest BCUT2D eigenvalue weighted by atomic mass is 16.6. The molecule has 3 heterocycles. The van der Waals surface area contributed by atoms with E-state index in [4.69, 9.17) is 15.2 Å². The minimum absolute atomic E-state index is 0.216. The maximum absolute atomic E-state index is 12.7. The van der Waals surface area contributed by atoms with Gasteiger partial charge in [0.05, 0.1) is 12.7 Å². The number of hydrogen-bond acceptors (Lipinski definition) is 7. The summed E-state index contributed by atoms with van der Waals surface area (Å²) in [7, 11) is 0. The summed E-state index contributed by atoms with van der Waals surface area (Å²) >= 11 is 0. The van der Waals surface area contributed by atoms with Crippen molar-refractivity contribution in [3.63, 3.8) is 0 Å². The Balaban J connectivity index is 1.72. The molecule has 0 saturated carbocycles. The third kappa shape index (κ3) is 4.74. The van der Waals surface area contributed by atoms with E-state index in [9.17, 15) is 9.59 Å². The minimum Gasteiger partial charge on any atom is -0.492 e. The Hall–Kier alpha value is -3.82. The number of ether oxygens (including phenoxy) is 2. The summed E-state index contributed by atoms with van der Waals surface area (Å²) in [5.74, 6) is 0.536. The molecule has 4 bridgehead atoms. The van der Waals surface area contributed by atoms with E-state index < -0.39 is 17.6 Å². The SMILES string of the molecule is CC(C)(C)OC(=O)N1CCNc2ccn3ncc(c3n2)-c2cc(cc(C(N)=O)c2)OCC1. The number of nitrogens with two attached hydrogens (primary N) is 1. The summed E-state index contributed by atoms with van der Waals surface area (Å²) in [6, 6.07) is 6.88. The van der Waals surface area contributed by atoms with Gasteiger partial charge in [0.15, 0.2) is 5.65 Å². The third-order valence-electron chi connectivity index (χ3n) is 4.84. The molecule has 2 aromatic heterocycles. The van der Waals surface area contributed by atoms with E-state index in [1.54, 1.807) is 40.0 Å². The number of carbonyl (C=O) groups excluding carboxylic acids is 2. The van der Waals surface area contributed by atoms with Crippen LogP contribution >= 0.6 is 0 Å². The molecule has 0 spiro atoms. The maximum atomic E-state index is 12.7. The van der Waals surface area contributed by atoms with E-state index in [0.29, 0.717) is 48.0 Å². The molecule has 168 valence electrons. The Bertz CT molecular complexity index is 1170. The third-order valence-corrected chi connectivity index (χ3v) is 4.84. The van der Waals surface area contributed by atoms with Gasteiger partial charge in [-0.15, -0.1) is 0 Å². The quantitative estimate of drug-likeness (QED) is 0.598. The van der Waals surface area contributed by atoms with Crippen LogP contribution in [0.5, 0.6) is 5.75 Å². The van der Waals surface area contributed by atoms with Crippen LogP contribution in [0.1, 0.15) is 31.1 Å². The van der Waals surface area contributed by atoms with Gasteiger partial charge in [-0.05, 0) is 50.6 Å². The summed E-state index contributed by atoms with van der Waals surface area (Å²) in [5.41, 5.74) is 7.30. The molecule has 10 nitrogen and oxygen atoms in total. The molecule has 0 atom stereocenters. The maximum Gasteiger partial charge on any atom is 0.410 e. The van der Waals surface area contributed by atoms with E-state index in [1.165, 1.54) is 0 Å². The molecule has 3 aromatic rings. The largest absolute Gasteiger partial charge is 0.492 e. The van der Waals surface area contributed by atoms with Crippen LogP contribution in [0.15, 0.2) is 36.7 Å². The van der Waals surface area contributed by atoms with Gasteiger partial charge in [-0.1, -0.05) is 0 Å². The highest BCUT2D eigenvalue weighted by molar-refractivity contribution is 5.95. The van der Waals surface area contributed by atoms with Gasteiger partial charge in [0, 0.05) is 30.4 Å². The number of benzene rings is 1. The molecular weight excluding hydrogens is 412 g/mol. The highest BCUT2D eigenvalue weighted by Crippen LogP contribution is 2.29. The molecule has 1 aliphatic heterocycles. The van der Waals surface area contributed by atoms with Gasteiger partial charge >= 0.3 is 6.09 Å². The van der Waals surface area contributed by atoms with Gasteiger partial charge in [0.2, 0.25) is 5.91 Å². The van der Waals surface area contributed by atoms with Crippen molar-refractivity contribution in [2.45, 2.75) is 26.4 Å². The molecular formula is C22H26N6O4. The van der Waals surface area contributed by atoms with Crippen molar-refractivity contribution < 1.29 is 19.1 Å². The number of amides is 2. The van der Waals surface area contributed by atoms with Gasteiger partial charge in [-0.3, -0.25) is 4.79 Å². The second-order valence-corrected chi connectivity index (χ2v) is 8.49. The minimum atomic E-state index is -0.611. The first-order chi connectivity index (χ1) is 15.2. The number of anilines is 1. The van der Waals surface area contributed by atoms with Crippen molar-refractivity contribution in [1.82, 2.24) is 19.5 Å². The molecule has 3 N–H and O–H groups in total. The molecule has 0 radical (unpaired) electrons. The van der Waals surface area contributed by atoms with Crippen LogP contribution < -0.4 is 15.8 Å². The van der Waals surface area contributed by atoms with E-state index in [2.05, 4.69) is 15.4 Å². The van der Waals surface area contributed by atoms with Crippen LogP contribution in [-0.4, -0.2) is 63.3 Å². The average Bonchev–Trinajstić information content (AvgIpc) is 3.14. The van der Waals surface area contributed by atoms with E-state index >= 15 is 0 Å². The average molecular weight is 438 g/mol. The lowest BCUT2D eigenvalue weighted by atomic mass is 10.0. The Labute approximate surface area is 185 Å². The Morgan fingerprint density at radius 3 is 2.78 bits per heavy atom. The molecule has 0 aliphatic carbocycles. The van der Waals surface area contributed by atoms with Crippen molar-refractivity contribution in [3.8, 4) is 16.9 Å². The predicted octanol–water partition coefficient (Wildman–Crippen LogP) is 2.54. The van der Waals surface area contributed by atoms with Gasteiger partial charge in [-0.2, -0.15) is 5.10 Å². The zero-order valence-corrected chi connectivity index (χ0v) is 18.3. The van der Waals surface area contributed by atoms with Crippen LogP contribution in [0.25, 0.3) is 16.8 Å². The van der Waals surface area contributed by atoms with Crippen LogP contribution in [0.4, 0.5) is 10.6 Å². The first kappa shape index (κ1) is 21.4. The monoisotopic (exact) mass is 438 g/mol. The number of rotatable bonds is 1. The van der Waals surface area contributed by atoms with E-state index in [1.807, 2.05) is 26.8 Å². The normalized spacial score (nSPS) is 14.4. The molecule has 4 rings (SSSR count). The van der Waals surface area contributed by atoms with Crippen molar-refractivity contribution in [3.05, 3.63) is 42.2 Å². The van der Waals surface area contributed by atoms with Crippen LogP contribution in [0, 0.1) is 0 Å². The summed E-state index contributed by atoms with van der Waals surface area (Å²) in [4.78, 5) is 30.8. The first-order valence-corrected chi connectivity index (χ1v) is 10.3. The van der Waals surface area contributed by atoms with Crippen LogP contribution in [-0.2, 0) is 4.74 Å². The number of primary amides is 1.